The lowest BCUT2D eigenvalue weighted by Gasteiger charge is -2.16. The Morgan fingerprint density at radius 1 is 0.783 bits per heavy atom. The first kappa shape index (κ1) is 15.4. The molecule has 4 rings (SSSR count). The number of halogens is 2. The van der Waals surface area contributed by atoms with Gasteiger partial charge in [-0.3, -0.25) is 0 Å². The maximum Gasteiger partial charge on any atom is 0.0257 e. The van der Waals surface area contributed by atoms with Crippen molar-refractivity contribution in [1.29, 1.82) is 0 Å². The van der Waals surface area contributed by atoms with Crippen LogP contribution in [0.2, 0.25) is 0 Å². The van der Waals surface area contributed by atoms with Crippen molar-refractivity contribution in [2.75, 3.05) is 0 Å². The van der Waals surface area contributed by atoms with E-state index < -0.39 is 0 Å². The van der Waals surface area contributed by atoms with Crippen molar-refractivity contribution < 1.29 is 0 Å². The molecule has 23 heavy (non-hydrogen) atoms. The molecule has 0 radical (unpaired) electrons. The fourth-order valence-corrected chi connectivity index (χ4v) is 4.61. The summed E-state index contributed by atoms with van der Waals surface area (Å²) in [5.41, 5.74) is 1.45. The van der Waals surface area contributed by atoms with Crippen molar-refractivity contribution in [3.05, 3.63) is 57.0 Å². The number of hydrogen-bond donors (Lipinski definition) is 0. The minimum Gasteiger partial charge on any atom is -0.0628 e. The van der Waals surface area contributed by atoms with Gasteiger partial charge in [-0.15, -0.1) is 0 Å². The van der Waals surface area contributed by atoms with E-state index in [9.17, 15) is 0 Å². The summed E-state index contributed by atoms with van der Waals surface area (Å²) in [5, 5.41) is 8.10. The van der Waals surface area contributed by atoms with E-state index in [0.717, 1.165) is 12.3 Å². The summed E-state index contributed by atoms with van der Waals surface area (Å²) in [5.74, 6) is 0.724. The van der Waals surface area contributed by atoms with Gasteiger partial charge in [-0.2, -0.15) is 0 Å². The van der Waals surface area contributed by atoms with E-state index >= 15 is 0 Å². The van der Waals surface area contributed by atoms with Crippen LogP contribution in [0.4, 0.5) is 0 Å². The molecule has 0 fully saturated rings. The normalized spacial score (nSPS) is 12.2. The van der Waals surface area contributed by atoms with Crippen LogP contribution in [0.25, 0.3) is 32.3 Å². The van der Waals surface area contributed by atoms with Crippen molar-refractivity contribution >= 4 is 64.2 Å². The number of aryl methyl sites for hydroxylation is 1. The van der Waals surface area contributed by atoms with E-state index in [1.807, 2.05) is 0 Å². The molecule has 0 unspecified atom stereocenters. The van der Waals surface area contributed by atoms with E-state index in [4.69, 9.17) is 0 Å². The Kier molecular flexibility index (Phi) is 3.85. The molecule has 0 aliphatic carbocycles. The van der Waals surface area contributed by atoms with Crippen molar-refractivity contribution in [2.45, 2.75) is 26.7 Å². The summed E-state index contributed by atoms with van der Waals surface area (Å²) in [6, 6.07) is 15.7. The standard InChI is InChI=1S/C21H18Br2/c1-12(2)3-4-14-11-19(23)17-7-5-13-6-10-18(22)16-9-8-15(14)21(17)20(13)16/h5-12H,3-4H2,1-2H3. The molecular weight excluding hydrogens is 412 g/mol. The monoisotopic (exact) mass is 428 g/mol. The van der Waals surface area contributed by atoms with E-state index in [-0.39, 0.29) is 0 Å². The van der Waals surface area contributed by atoms with Gasteiger partial charge < -0.3 is 0 Å². The van der Waals surface area contributed by atoms with E-state index in [1.54, 1.807) is 0 Å². The van der Waals surface area contributed by atoms with Gasteiger partial charge in [-0.1, -0.05) is 76.0 Å². The van der Waals surface area contributed by atoms with Crippen molar-refractivity contribution in [1.82, 2.24) is 0 Å². The lowest BCUT2D eigenvalue weighted by atomic mass is 9.90. The molecule has 0 aliphatic rings. The minimum absolute atomic E-state index is 0.724. The number of rotatable bonds is 3. The molecule has 0 saturated carbocycles. The largest absolute Gasteiger partial charge is 0.0628 e. The quantitative estimate of drug-likeness (QED) is 0.292. The summed E-state index contributed by atoms with van der Waals surface area (Å²) in [6.07, 6.45) is 2.35. The fraction of sp³-hybridized carbons (Fsp3) is 0.238. The molecule has 2 heteroatoms. The Hall–Kier alpha value is -1.12. The van der Waals surface area contributed by atoms with Crippen LogP contribution in [-0.4, -0.2) is 0 Å². The molecule has 0 aromatic heterocycles. The fourth-order valence-electron chi connectivity index (χ4n) is 3.54. The highest BCUT2D eigenvalue weighted by Crippen LogP contribution is 2.41. The third-order valence-corrected chi connectivity index (χ3v) is 6.10. The first-order valence-corrected chi connectivity index (χ1v) is 9.69. The lowest BCUT2D eigenvalue weighted by Crippen LogP contribution is -1.95. The topological polar surface area (TPSA) is 0 Å². The Morgan fingerprint density at radius 3 is 2.22 bits per heavy atom. The molecule has 0 nitrogen and oxygen atoms in total. The predicted octanol–water partition coefficient (Wildman–Crippen LogP) is 7.70. The summed E-state index contributed by atoms with van der Waals surface area (Å²) < 4.78 is 2.38. The van der Waals surface area contributed by atoms with Gasteiger partial charge in [0.1, 0.15) is 0 Å². The molecule has 0 atom stereocenters. The number of hydrogen-bond acceptors (Lipinski definition) is 0. The first-order chi connectivity index (χ1) is 11.1. The van der Waals surface area contributed by atoms with Gasteiger partial charge in [0.15, 0.2) is 0 Å². The summed E-state index contributed by atoms with van der Waals surface area (Å²) >= 11 is 7.52. The van der Waals surface area contributed by atoms with Crippen molar-refractivity contribution in [3.63, 3.8) is 0 Å². The maximum atomic E-state index is 3.81. The molecule has 0 heterocycles. The Labute approximate surface area is 153 Å². The third kappa shape index (κ3) is 2.47. The van der Waals surface area contributed by atoms with Crippen LogP contribution >= 0.6 is 31.9 Å². The van der Waals surface area contributed by atoms with Crippen LogP contribution in [-0.2, 0) is 6.42 Å². The molecule has 0 spiro atoms. The second kappa shape index (κ2) is 5.75. The second-order valence-corrected chi connectivity index (χ2v) is 8.45. The summed E-state index contributed by atoms with van der Waals surface area (Å²) in [6.45, 7) is 4.59. The lowest BCUT2D eigenvalue weighted by molar-refractivity contribution is 0.588. The molecule has 0 N–H and O–H groups in total. The zero-order valence-electron chi connectivity index (χ0n) is 13.3. The SMILES string of the molecule is CC(C)CCc1cc(Br)c2ccc3ccc(Br)c4ccc1c2c34. The molecule has 0 saturated heterocycles. The van der Waals surface area contributed by atoms with Crippen LogP contribution in [0.15, 0.2) is 51.4 Å². The molecular formula is C21H18Br2. The van der Waals surface area contributed by atoms with E-state index in [2.05, 4.69) is 88.2 Å². The predicted molar refractivity (Wildman–Crippen MR) is 109 cm³/mol. The zero-order valence-corrected chi connectivity index (χ0v) is 16.5. The maximum absolute atomic E-state index is 3.81. The second-order valence-electron chi connectivity index (χ2n) is 6.74. The summed E-state index contributed by atoms with van der Waals surface area (Å²) in [4.78, 5) is 0. The molecule has 0 amide bonds. The number of benzene rings is 4. The zero-order chi connectivity index (χ0) is 16.1. The van der Waals surface area contributed by atoms with E-state index in [0.29, 0.717) is 0 Å². The van der Waals surface area contributed by atoms with Gasteiger partial charge in [0.25, 0.3) is 0 Å². The highest BCUT2D eigenvalue weighted by Gasteiger charge is 2.14. The highest BCUT2D eigenvalue weighted by molar-refractivity contribution is 9.11. The van der Waals surface area contributed by atoms with Crippen LogP contribution in [0.5, 0.6) is 0 Å². The summed E-state index contributed by atoms with van der Waals surface area (Å²) in [7, 11) is 0. The van der Waals surface area contributed by atoms with Crippen LogP contribution in [0.1, 0.15) is 25.8 Å². The van der Waals surface area contributed by atoms with Crippen LogP contribution < -0.4 is 0 Å². The Balaban J connectivity index is 2.13. The van der Waals surface area contributed by atoms with E-state index in [1.165, 1.54) is 53.2 Å². The van der Waals surface area contributed by atoms with Gasteiger partial charge in [0, 0.05) is 8.95 Å². The van der Waals surface area contributed by atoms with Gasteiger partial charge in [-0.05, 0) is 68.8 Å². The van der Waals surface area contributed by atoms with Crippen molar-refractivity contribution in [3.8, 4) is 0 Å². The van der Waals surface area contributed by atoms with Crippen LogP contribution in [0.3, 0.4) is 0 Å². The first-order valence-electron chi connectivity index (χ1n) is 8.10. The molecule has 4 aromatic rings. The third-order valence-electron chi connectivity index (χ3n) is 4.75. The van der Waals surface area contributed by atoms with Gasteiger partial charge in [-0.25, -0.2) is 0 Å². The average Bonchev–Trinajstić information content (AvgIpc) is 2.54. The smallest absolute Gasteiger partial charge is 0.0257 e. The Bertz CT molecular complexity index is 1010. The van der Waals surface area contributed by atoms with Crippen LogP contribution in [0, 0.1) is 5.92 Å². The average molecular weight is 430 g/mol. The van der Waals surface area contributed by atoms with Gasteiger partial charge in [0.05, 0.1) is 0 Å². The minimum atomic E-state index is 0.724. The van der Waals surface area contributed by atoms with Gasteiger partial charge in [0.2, 0.25) is 0 Å². The van der Waals surface area contributed by atoms with Gasteiger partial charge >= 0.3 is 0 Å². The molecule has 0 aliphatic heterocycles. The highest BCUT2D eigenvalue weighted by atomic mass is 79.9. The Morgan fingerprint density at radius 2 is 1.43 bits per heavy atom. The molecule has 0 bridgehead atoms. The molecule has 4 aromatic carbocycles. The molecule has 116 valence electrons. The van der Waals surface area contributed by atoms with Crippen molar-refractivity contribution in [2.24, 2.45) is 5.92 Å².